The van der Waals surface area contributed by atoms with Crippen molar-refractivity contribution in [3.05, 3.63) is 99.9 Å². The van der Waals surface area contributed by atoms with E-state index >= 15 is 0 Å². The van der Waals surface area contributed by atoms with Crippen molar-refractivity contribution in [3.63, 3.8) is 0 Å². The largest absolute Gasteiger partial charge is 0.316 e. The molecule has 0 spiro atoms. The van der Waals surface area contributed by atoms with Crippen molar-refractivity contribution in [2.45, 2.75) is 39.7 Å². The van der Waals surface area contributed by atoms with Crippen molar-refractivity contribution in [2.75, 3.05) is 0 Å². The molecule has 0 aliphatic rings. The molecule has 162 valence electrons. The van der Waals surface area contributed by atoms with Crippen LogP contribution in [0.4, 0.5) is 0 Å². The van der Waals surface area contributed by atoms with E-state index in [-0.39, 0.29) is 11.7 Å². The Morgan fingerprint density at radius 1 is 0.906 bits per heavy atom. The molecule has 0 saturated heterocycles. The summed E-state index contributed by atoms with van der Waals surface area (Å²) in [6, 6.07) is 22.3. The molecule has 0 aliphatic carbocycles. The van der Waals surface area contributed by atoms with Crippen LogP contribution in [0.1, 0.15) is 65.0 Å². The fourth-order valence-electron chi connectivity index (χ4n) is 3.65. The van der Waals surface area contributed by atoms with Gasteiger partial charge in [-0.05, 0) is 42.2 Å². The number of ketones is 1. The molecule has 4 aromatic rings. The first kappa shape index (κ1) is 21.9. The number of thiazole rings is 1. The van der Waals surface area contributed by atoms with Gasteiger partial charge in [-0.15, -0.1) is 0 Å². The second-order valence-electron chi connectivity index (χ2n) is 8.11. The third kappa shape index (κ3) is 4.48. The lowest BCUT2D eigenvalue weighted by molar-refractivity contribution is 0.0994. The molecular weight excluding hydrogens is 416 g/mol. The summed E-state index contributed by atoms with van der Waals surface area (Å²) in [4.78, 5) is 30.7. The fourth-order valence-corrected chi connectivity index (χ4v) is 4.75. The summed E-state index contributed by atoms with van der Waals surface area (Å²) in [5.74, 6) is 0.0808. The van der Waals surface area contributed by atoms with Gasteiger partial charge in [0, 0.05) is 23.2 Å². The number of aromatic nitrogens is 1. The van der Waals surface area contributed by atoms with Gasteiger partial charge in [-0.2, -0.15) is 4.99 Å². The Bertz CT molecular complexity index is 1330. The lowest BCUT2D eigenvalue weighted by Gasteiger charge is -2.06. The first-order chi connectivity index (χ1) is 15.5. The minimum absolute atomic E-state index is 0.0622. The van der Waals surface area contributed by atoms with Gasteiger partial charge >= 0.3 is 0 Å². The molecular formula is C27H26N2O2S. The molecule has 0 unspecified atom stereocenters. The summed E-state index contributed by atoms with van der Waals surface area (Å²) in [6.45, 7) is 7.27. The van der Waals surface area contributed by atoms with E-state index in [4.69, 9.17) is 0 Å². The molecule has 0 radical (unpaired) electrons. The number of benzene rings is 3. The van der Waals surface area contributed by atoms with E-state index in [1.165, 1.54) is 5.56 Å². The lowest BCUT2D eigenvalue weighted by atomic mass is 10.0. The average Bonchev–Trinajstić information content (AvgIpc) is 3.15. The van der Waals surface area contributed by atoms with Gasteiger partial charge in [0.2, 0.25) is 0 Å². The second-order valence-corrected chi connectivity index (χ2v) is 9.12. The van der Waals surface area contributed by atoms with Crippen molar-refractivity contribution in [2.24, 2.45) is 4.99 Å². The van der Waals surface area contributed by atoms with Crippen LogP contribution in [0.5, 0.6) is 0 Å². The van der Waals surface area contributed by atoms with Gasteiger partial charge in [-0.3, -0.25) is 9.59 Å². The molecule has 0 N–H and O–H groups in total. The number of amides is 1. The van der Waals surface area contributed by atoms with E-state index in [0.717, 1.165) is 23.2 Å². The first-order valence-corrected chi connectivity index (χ1v) is 11.7. The van der Waals surface area contributed by atoms with Crippen molar-refractivity contribution in [3.8, 4) is 0 Å². The Balaban J connectivity index is 1.67. The highest BCUT2D eigenvalue weighted by Crippen LogP contribution is 2.24. The maximum absolute atomic E-state index is 12.9. The van der Waals surface area contributed by atoms with Crippen LogP contribution >= 0.6 is 11.3 Å². The van der Waals surface area contributed by atoms with E-state index in [0.29, 0.717) is 27.4 Å². The summed E-state index contributed by atoms with van der Waals surface area (Å²) in [6.07, 6.45) is 0.954. The zero-order chi connectivity index (χ0) is 22.7. The van der Waals surface area contributed by atoms with E-state index in [1.54, 1.807) is 47.7 Å². The van der Waals surface area contributed by atoms with Crippen LogP contribution < -0.4 is 4.80 Å². The SMILES string of the molecule is CCCn1c(=NC(=O)c2ccc(C(=O)c3ccccc3)cc2)sc2cc(C(C)C)ccc21. The molecule has 5 heteroatoms. The molecule has 0 fully saturated rings. The molecule has 0 atom stereocenters. The van der Waals surface area contributed by atoms with Crippen LogP contribution in [-0.2, 0) is 6.54 Å². The van der Waals surface area contributed by atoms with Crippen LogP contribution in [-0.4, -0.2) is 16.3 Å². The quantitative estimate of drug-likeness (QED) is 0.333. The number of carbonyl (C=O) groups is 2. The van der Waals surface area contributed by atoms with E-state index in [9.17, 15) is 9.59 Å². The van der Waals surface area contributed by atoms with Crippen molar-refractivity contribution in [1.82, 2.24) is 4.57 Å². The predicted octanol–water partition coefficient (Wildman–Crippen LogP) is 6.21. The van der Waals surface area contributed by atoms with Gasteiger partial charge in [0.05, 0.1) is 10.2 Å². The zero-order valence-electron chi connectivity index (χ0n) is 18.5. The van der Waals surface area contributed by atoms with E-state index < -0.39 is 0 Å². The molecule has 4 rings (SSSR count). The summed E-state index contributed by atoms with van der Waals surface area (Å²) in [5.41, 5.74) is 4.04. The van der Waals surface area contributed by atoms with Gasteiger partial charge in [-0.25, -0.2) is 0 Å². The molecule has 0 bridgehead atoms. The summed E-state index contributed by atoms with van der Waals surface area (Å²) >= 11 is 1.55. The van der Waals surface area contributed by atoms with Gasteiger partial charge < -0.3 is 4.57 Å². The Morgan fingerprint density at radius 3 is 2.22 bits per heavy atom. The second kappa shape index (κ2) is 9.45. The highest BCUT2D eigenvalue weighted by Gasteiger charge is 2.12. The summed E-state index contributed by atoms with van der Waals surface area (Å²) < 4.78 is 3.26. The summed E-state index contributed by atoms with van der Waals surface area (Å²) in [5, 5.41) is 0. The topological polar surface area (TPSA) is 51.4 Å². The van der Waals surface area contributed by atoms with Gasteiger partial charge in [0.15, 0.2) is 10.6 Å². The van der Waals surface area contributed by atoms with E-state index in [1.807, 2.05) is 18.2 Å². The van der Waals surface area contributed by atoms with Gasteiger partial charge in [-0.1, -0.05) is 80.6 Å². The summed E-state index contributed by atoms with van der Waals surface area (Å²) in [7, 11) is 0. The Kier molecular flexibility index (Phi) is 6.47. The number of aryl methyl sites for hydroxylation is 1. The van der Waals surface area contributed by atoms with Crippen LogP contribution in [0.2, 0.25) is 0 Å². The molecule has 4 nitrogen and oxygen atoms in total. The minimum Gasteiger partial charge on any atom is -0.316 e. The van der Waals surface area contributed by atoms with Crippen LogP contribution in [0, 0.1) is 0 Å². The third-order valence-electron chi connectivity index (χ3n) is 5.45. The number of rotatable bonds is 6. The molecule has 1 amide bonds. The van der Waals surface area contributed by atoms with Crippen molar-refractivity contribution < 1.29 is 9.59 Å². The predicted molar refractivity (Wildman–Crippen MR) is 130 cm³/mol. The van der Waals surface area contributed by atoms with Crippen LogP contribution in [0.25, 0.3) is 10.2 Å². The molecule has 1 aromatic heterocycles. The maximum atomic E-state index is 12.9. The average molecular weight is 443 g/mol. The van der Waals surface area contributed by atoms with Crippen LogP contribution in [0.3, 0.4) is 0 Å². The van der Waals surface area contributed by atoms with Crippen LogP contribution in [0.15, 0.2) is 77.8 Å². The van der Waals surface area contributed by atoms with Gasteiger partial charge in [0.25, 0.3) is 5.91 Å². The highest BCUT2D eigenvalue weighted by atomic mass is 32.1. The Labute approximate surface area is 191 Å². The normalized spacial score (nSPS) is 11.9. The number of fused-ring (bicyclic) bond motifs is 1. The molecule has 32 heavy (non-hydrogen) atoms. The lowest BCUT2D eigenvalue weighted by Crippen LogP contribution is -2.17. The monoisotopic (exact) mass is 442 g/mol. The molecule has 0 saturated carbocycles. The molecule has 3 aromatic carbocycles. The number of carbonyl (C=O) groups excluding carboxylic acids is 2. The van der Waals surface area contributed by atoms with E-state index in [2.05, 4.69) is 48.5 Å². The Morgan fingerprint density at radius 2 is 1.56 bits per heavy atom. The first-order valence-electron chi connectivity index (χ1n) is 10.9. The number of hydrogen-bond acceptors (Lipinski definition) is 3. The fraction of sp³-hybridized carbons (Fsp3) is 0.222. The smallest absolute Gasteiger partial charge is 0.279 e. The number of nitrogens with zero attached hydrogens (tertiary/aromatic N) is 2. The maximum Gasteiger partial charge on any atom is 0.279 e. The number of hydrogen-bond donors (Lipinski definition) is 0. The van der Waals surface area contributed by atoms with Gasteiger partial charge in [0.1, 0.15) is 0 Å². The minimum atomic E-state index is -0.302. The third-order valence-corrected chi connectivity index (χ3v) is 6.49. The highest BCUT2D eigenvalue weighted by molar-refractivity contribution is 7.16. The molecule has 1 heterocycles. The zero-order valence-corrected chi connectivity index (χ0v) is 19.4. The van der Waals surface area contributed by atoms with Crippen molar-refractivity contribution in [1.29, 1.82) is 0 Å². The Hall–Kier alpha value is -3.31. The molecule has 0 aliphatic heterocycles. The van der Waals surface area contributed by atoms with Crippen molar-refractivity contribution >= 4 is 33.2 Å². The standard InChI is InChI=1S/C27H26N2O2S/c1-4-16-29-23-15-14-22(18(2)3)17-24(23)32-27(29)28-26(31)21-12-10-20(11-13-21)25(30)19-8-6-5-7-9-19/h5-15,17-18H,4,16H2,1-3H3.